The highest BCUT2D eigenvalue weighted by Gasteiger charge is 2.32. The van der Waals surface area contributed by atoms with Gasteiger partial charge in [-0.2, -0.15) is 0 Å². The fraction of sp³-hybridized carbons (Fsp3) is 1.00. The van der Waals surface area contributed by atoms with Gasteiger partial charge in [0.25, 0.3) is 0 Å². The Morgan fingerprint density at radius 1 is 0.882 bits per heavy atom. The summed E-state index contributed by atoms with van der Waals surface area (Å²) in [4.78, 5) is 5.35. The SMILES string of the molecule is NC1CCCCC1CN1CCN(C2CC2)CC1. The van der Waals surface area contributed by atoms with Crippen molar-refractivity contribution in [2.45, 2.75) is 50.6 Å². The zero-order chi connectivity index (χ0) is 11.7. The van der Waals surface area contributed by atoms with Crippen molar-refractivity contribution in [3.05, 3.63) is 0 Å². The molecular weight excluding hydrogens is 210 g/mol. The summed E-state index contributed by atoms with van der Waals surface area (Å²) < 4.78 is 0. The maximum Gasteiger partial charge on any atom is 0.0113 e. The molecule has 0 amide bonds. The largest absolute Gasteiger partial charge is 0.327 e. The second-order valence-corrected chi connectivity index (χ2v) is 6.28. The fourth-order valence-corrected chi connectivity index (χ4v) is 3.55. The maximum atomic E-state index is 6.24. The van der Waals surface area contributed by atoms with E-state index in [-0.39, 0.29) is 0 Å². The van der Waals surface area contributed by atoms with Gasteiger partial charge in [0.05, 0.1) is 0 Å². The Labute approximate surface area is 105 Å². The van der Waals surface area contributed by atoms with Crippen LogP contribution in [0.2, 0.25) is 0 Å². The number of hydrogen-bond donors (Lipinski definition) is 1. The van der Waals surface area contributed by atoms with Crippen molar-refractivity contribution in [2.75, 3.05) is 32.7 Å². The number of rotatable bonds is 3. The van der Waals surface area contributed by atoms with Crippen LogP contribution in [-0.2, 0) is 0 Å². The zero-order valence-corrected chi connectivity index (χ0v) is 11.0. The van der Waals surface area contributed by atoms with Gasteiger partial charge in [-0.3, -0.25) is 4.90 Å². The molecule has 0 aromatic carbocycles. The van der Waals surface area contributed by atoms with Crippen molar-refractivity contribution in [3.8, 4) is 0 Å². The van der Waals surface area contributed by atoms with Gasteiger partial charge in [0.15, 0.2) is 0 Å². The molecule has 3 fully saturated rings. The van der Waals surface area contributed by atoms with Crippen LogP contribution in [0.3, 0.4) is 0 Å². The van der Waals surface area contributed by atoms with Crippen LogP contribution >= 0.6 is 0 Å². The molecule has 1 aliphatic heterocycles. The average Bonchev–Trinajstić information content (AvgIpc) is 3.17. The number of nitrogens with zero attached hydrogens (tertiary/aromatic N) is 2. The lowest BCUT2D eigenvalue weighted by Gasteiger charge is -2.39. The molecule has 2 saturated carbocycles. The highest BCUT2D eigenvalue weighted by molar-refractivity contribution is 4.88. The standard InChI is InChI=1S/C14H27N3/c15-14-4-2-1-3-12(14)11-16-7-9-17(10-8-16)13-5-6-13/h12-14H,1-11,15H2. The summed E-state index contributed by atoms with van der Waals surface area (Å²) >= 11 is 0. The van der Waals surface area contributed by atoms with E-state index in [9.17, 15) is 0 Å². The van der Waals surface area contributed by atoms with Gasteiger partial charge < -0.3 is 10.6 Å². The zero-order valence-electron chi connectivity index (χ0n) is 11.0. The lowest BCUT2D eigenvalue weighted by Crippen LogP contribution is -2.50. The molecule has 2 N–H and O–H groups in total. The smallest absolute Gasteiger partial charge is 0.0113 e. The van der Waals surface area contributed by atoms with E-state index in [1.54, 1.807) is 0 Å². The molecule has 17 heavy (non-hydrogen) atoms. The Morgan fingerprint density at radius 3 is 2.24 bits per heavy atom. The molecule has 3 rings (SSSR count). The molecule has 1 saturated heterocycles. The first-order valence-electron chi connectivity index (χ1n) is 7.55. The second-order valence-electron chi connectivity index (χ2n) is 6.28. The first-order valence-corrected chi connectivity index (χ1v) is 7.55. The predicted molar refractivity (Wildman–Crippen MR) is 71.0 cm³/mol. The van der Waals surface area contributed by atoms with Gasteiger partial charge >= 0.3 is 0 Å². The number of nitrogens with two attached hydrogens (primary N) is 1. The molecule has 3 nitrogen and oxygen atoms in total. The van der Waals surface area contributed by atoms with Crippen LogP contribution in [0.5, 0.6) is 0 Å². The third-order valence-electron chi connectivity index (χ3n) is 4.93. The van der Waals surface area contributed by atoms with Crippen LogP contribution < -0.4 is 5.73 Å². The van der Waals surface area contributed by atoms with E-state index in [2.05, 4.69) is 9.80 Å². The first kappa shape index (κ1) is 11.9. The Bertz CT molecular complexity index is 244. The van der Waals surface area contributed by atoms with Crippen molar-refractivity contribution >= 4 is 0 Å². The van der Waals surface area contributed by atoms with Crippen molar-refractivity contribution < 1.29 is 0 Å². The molecule has 0 radical (unpaired) electrons. The fourth-order valence-electron chi connectivity index (χ4n) is 3.55. The topological polar surface area (TPSA) is 32.5 Å². The van der Waals surface area contributed by atoms with E-state index in [0.717, 1.165) is 12.0 Å². The molecule has 0 bridgehead atoms. The van der Waals surface area contributed by atoms with E-state index < -0.39 is 0 Å². The van der Waals surface area contributed by atoms with Crippen LogP contribution in [0.25, 0.3) is 0 Å². The molecule has 3 heteroatoms. The van der Waals surface area contributed by atoms with Crippen LogP contribution in [0.15, 0.2) is 0 Å². The van der Waals surface area contributed by atoms with Crippen molar-refractivity contribution in [1.82, 2.24) is 9.80 Å². The lowest BCUT2D eigenvalue weighted by atomic mass is 9.84. The van der Waals surface area contributed by atoms with Crippen LogP contribution in [0.4, 0.5) is 0 Å². The molecule has 2 aliphatic carbocycles. The Hall–Kier alpha value is -0.120. The van der Waals surface area contributed by atoms with Crippen molar-refractivity contribution in [1.29, 1.82) is 0 Å². The molecule has 3 aliphatic rings. The molecular formula is C14H27N3. The van der Waals surface area contributed by atoms with Gasteiger partial charge in [0.2, 0.25) is 0 Å². The summed E-state index contributed by atoms with van der Waals surface area (Å²) in [6.07, 6.45) is 8.28. The van der Waals surface area contributed by atoms with Crippen LogP contribution in [0, 0.1) is 5.92 Å². The van der Waals surface area contributed by atoms with E-state index >= 15 is 0 Å². The molecule has 0 aromatic rings. The summed E-state index contributed by atoms with van der Waals surface area (Å²) in [6, 6.07) is 1.43. The minimum absolute atomic E-state index is 0.477. The first-order chi connectivity index (χ1) is 8.33. The Morgan fingerprint density at radius 2 is 1.59 bits per heavy atom. The monoisotopic (exact) mass is 237 g/mol. The van der Waals surface area contributed by atoms with Crippen LogP contribution in [-0.4, -0.2) is 54.6 Å². The van der Waals surface area contributed by atoms with Crippen molar-refractivity contribution in [3.63, 3.8) is 0 Å². The van der Waals surface area contributed by atoms with E-state index in [1.807, 2.05) is 0 Å². The highest BCUT2D eigenvalue weighted by Crippen LogP contribution is 2.28. The molecule has 2 atom stereocenters. The third kappa shape index (κ3) is 3.01. The van der Waals surface area contributed by atoms with E-state index in [0.29, 0.717) is 6.04 Å². The van der Waals surface area contributed by atoms with Crippen LogP contribution in [0.1, 0.15) is 38.5 Å². The third-order valence-corrected chi connectivity index (χ3v) is 4.93. The normalized spacial score (nSPS) is 37.2. The molecule has 1 heterocycles. The number of hydrogen-bond acceptors (Lipinski definition) is 3. The van der Waals surface area contributed by atoms with Gasteiger partial charge in [-0.05, 0) is 31.6 Å². The summed E-state index contributed by atoms with van der Waals surface area (Å²) in [5.74, 6) is 0.774. The van der Waals surface area contributed by atoms with Gasteiger partial charge in [-0.25, -0.2) is 0 Å². The molecule has 2 unspecified atom stereocenters. The quantitative estimate of drug-likeness (QED) is 0.803. The lowest BCUT2D eigenvalue weighted by molar-refractivity contribution is 0.100. The van der Waals surface area contributed by atoms with Gasteiger partial charge in [0, 0.05) is 44.8 Å². The molecule has 98 valence electrons. The number of piperazine rings is 1. The molecule has 0 aromatic heterocycles. The minimum atomic E-state index is 0.477. The molecule has 0 spiro atoms. The minimum Gasteiger partial charge on any atom is -0.327 e. The van der Waals surface area contributed by atoms with E-state index in [1.165, 1.54) is 71.2 Å². The van der Waals surface area contributed by atoms with E-state index in [4.69, 9.17) is 5.73 Å². The average molecular weight is 237 g/mol. The maximum absolute atomic E-state index is 6.24. The summed E-state index contributed by atoms with van der Waals surface area (Å²) in [7, 11) is 0. The Kier molecular flexibility index (Phi) is 3.69. The Balaban J connectivity index is 1.43. The second kappa shape index (κ2) is 5.25. The summed E-state index contributed by atoms with van der Waals surface area (Å²) in [6.45, 7) is 6.42. The van der Waals surface area contributed by atoms with Gasteiger partial charge in [-0.15, -0.1) is 0 Å². The van der Waals surface area contributed by atoms with Gasteiger partial charge in [0.1, 0.15) is 0 Å². The highest BCUT2D eigenvalue weighted by atomic mass is 15.3. The van der Waals surface area contributed by atoms with Crippen molar-refractivity contribution in [2.24, 2.45) is 11.7 Å². The van der Waals surface area contributed by atoms with Gasteiger partial charge in [-0.1, -0.05) is 12.8 Å². The predicted octanol–water partition coefficient (Wildman–Crippen LogP) is 1.28. The summed E-state index contributed by atoms with van der Waals surface area (Å²) in [5.41, 5.74) is 6.24. The summed E-state index contributed by atoms with van der Waals surface area (Å²) in [5, 5.41) is 0.